The molecule has 11 heteroatoms. The van der Waals surface area contributed by atoms with Crippen LogP contribution in [0, 0.1) is 5.92 Å². The Labute approximate surface area is 181 Å². The van der Waals surface area contributed by atoms with Gasteiger partial charge in [0, 0.05) is 12.8 Å². The molecule has 1 aromatic rings. The lowest BCUT2D eigenvalue weighted by Gasteiger charge is -2.23. The van der Waals surface area contributed by atoms with Crippen LogP contribution in [-0.2, 0) is 25.6 Å². The lowest BCUT2D eigenvalue weighted by atomic mass is 9.97. The molecule has 0 aliphatic heterocycles. The van der Waals surface area contributed by atoms with Crippen molar-refractivity contribution < 1.29 is 19.2 Å². The summed E-state index contributed by atoms with van der Waals surface area (Å²) >= 11 is 0. The number of carbonyl (C=O) groups is 3. The minimum atomic E-state index is -0.965. The molecule has 31 heavy (non-hydrogen) atoms. The zero-order chi connectivity index (χ0) is 23.4. The number of rotatable bonds is 12. The molecule has 0 fully saturated rings. The maximum absolute atomic E-state index is 12.8. The van der Waals surface area contributed by atoms with Crippen molar-refractivity contribution in [2.75, 3.05) is 6.61 Å². The number of primary amides is 1. The molecule has 11 nitrogen and oxygen atoms in total. The Morgan fingerprint density at radius 2 is 1.77 bits per heavy atom. The maximum Gasteiger partial charge on any atom is 0.268 e. The van der Waals surface area contributed by atoms with Crippen molar-refractivity contribution in [1.29, 1.82) is 0 Å². The first-order valence-corrected chi connectivity index (χ1v) is 9.87. The number of hydrogen-bond acceptors (Lipinski definition) is 6. The Morgan fingerprint density at radius 3 is 2.32 bits per heavy atom. The van der Waals surface area contributed by atoms with E-state index in [9.17, 15) is 14.4 Å². The summed E-state index contributed by atoms with van der Waals surface area (Å²) in [7, 11) is 0. The summed E-state index contributed by atoms with van der Waals surface area (Å²) in [6.45, 7) is 3.66. The highest BCUT2D eigenvalue weighted by Crippen LogP contribution is 2.11. The number of carbonyl (C=O) groups excluding carboxylic acids is 3. The van der Waals surface area contributed by atoms with Crippen LogP contribution in [0.15, 0.2) is 40.5 Å². The van der Waals surface area contributed by atoms with Gasteiger partial charge in [-0.25, -0.2) is 4.99 Å². The number of nitrogens with zero attached hydrogens (tertiary/aromatic N) is 2. The minimum Gasteiger partial charge on any atom is -0.393 e. The predicted octanol–water partition coefficient (Wildman–Crippen LogP) is -0.865. The zero-order valence-corrected chi connectivity index (χ0v) is 17.8. The van der Waals surface area contributed by atoms with Crippen molar-refractivity contribution in [2.24, 2.45) is 39.0 Å². The summed E-state index contributed by atoms with van der Waals surface area (Å²) in [5.74, 6) is -2.54. The first-order valence-electron chi connectivity index (χ1n) is 9.87. The summed E-state index contributed by atoms with van der Waals surface area (Å²) in [6.07, 6.45) is 0.804. The van der Waals surface area contributed by atoms with Gasteiger partial charge in [0.15, 0.2) is 0 Å². The smallest absolute Gasteiger partial charge is 0.268 e. The topological polar surface area (TPSA) is 201 Å². The van der Waals surface area contributed by atoms with E-state index in [0.717, 1.165) is 5.56 Å². The Bertz CT molecular complexity index is 807. The molecular weight excluding hydrogens is 402 g/mol. The second-order valence-electron chi connectivity index (χ2n) is 7.04. The van der Waals surface area contributed by atoms with Gasteiger partial charge < -0.3 is 33.1 Å². The predicted molar refractivity (Wildman–Crippen MR) is 118 cm³/mol. The van der Waals surface area contributed by atoms with Crippen LogP contribution in [0.5, 0.6) is 0 Å². The Kier molecular flexibility index (Phi) is 10.7. The van der Waals surface area contributed by atoms with E-state index < -0.39 is 29.8 Å². The van der Waals surface area contributed by atoms with Gasteiger partial charge in [-0.05, 0) is 16.6 Å². The lowest BCUT2D eigenvalue weighted by molar-refractivity contribution is -0.129. The quantitative estimate of drug-likeness (QED) is 0.122. The van der Waals surface area contributed by atoms with Crippen LogP contribution in [0.1, 0.15) is 32.3 Å². The van der Waals surface area contributed by atoms with E-state index in [1.54, 1.807) is 31.2 Å². The number of hydrogen-bond donors (Lipinski definition) is 5. The third kappa shape index (κ3) is 9.26. The third-order valence-electron chi connectivity index (χ3n) is 4.55. The maximum atomic E-state index is 12.8. The van der Waals surface area contributed by atoms with Crippen molar-refractivity contribution in [3.05, 3.63) is 35.9 Å². The molecule has 0 heterocycles. The number of nitrogens with one attached hydrogen (secondary N) is 1. The molecule has 3 atom stereocenters. The van der Waals surface area contributed by atoms with Gasteiger partial charge in [0.05, 0.1) is 6.04 Å². The van der Waals surface area contributed by atoms with Gasteiger partial charge in [0.2, 0.25) is 11.9 Å². The number of oxime groups is 1. The van der Waals surface area contributed by atoms with E-state index in [-0.39, 0.29) is 37.0 Å². The van der Waals surface area contributed by atoms with E-state index in [0.29, 0.717) is 6.42 Å². The van der Waals surface area contributed by atoms with E-state index in [1.165, 1.54) is 0 Å². The molecule has 0 bridgehead atoms. The molecule has 1 aromatic carbocycles. The largest absolute Gasteiger partial charge is 0.393 e. The highest BCUT2D eigenvalue weighted by molar-refractivity contribution is 6.40. The van der Waals surface area contributed by atoms with Gasteiger partial charge in [-0.2, -0.15) is 0 Å². The van der Waals surface area contributed by atoms with Crippen LogP contribution in [0.3, 0.4) is 0 Å². The summed E-state index contributed by atoms with van der Waals surface area (Å²) in [5.41, 5.74) is 22.2. The molecule has 9 N–H and O–H groups in total. The third-order valence-corrected chi connectivity index (χ3v) is 4.55. The van der Waals surface area contributed by atoms with Crippen LogP contribution in [0.2, 0.25) is 0 Å². The zero-order valence-electron chi connectivity index (χ0n) is 17.8. The molecule has 0 saturated heterocycles. The molecule has 0 unspecified atom stereocenters. The van der Waals surface area contributed by atoms with E-state index in [4.69, 9.17) is 27.8 Å². The fourth-order valence-corrected chi connectivity index (χ4v) is 2.55. The highest BCUT2D eigenvalue weighted by atomic mass is 16.6. The van der Waals surface area contributed by atoms with Crippen LogP contribution >= 0.6 is 0 Å². The van der Waals surface area contributed by atoms with Crippen molar-refractivity contribution >= 4 is 29.4 Å². The van der Waals surface area contributed by atoms with Crippen molar-refractivity contribution in [3.63, 3.8) is 0 Å². The van der Waals surface area contributed by atoms with Crippen molar-refractivity contribution in [3.8, 4) is 0 Å². The highest BCUT2D eigenvalue weighted by Gasteiger charge is 2.28. The Hall–Kier alpha value is -3.47. The average Bonchev–Trinajstić information content (AvgIpc) is 2.74. The van der Waals surface area contributed by atoms with Crippen molar-refractivity contribution in [2.45, 2.75) is 45.2 Å². The first-order chi connectivity index (χ1) is 14.6. The van der Waals surface area contributed by atoms with Crippen LogP contribution in [0.25, 0.3) is 0 Å². The van der Waals surface area contributed by atoms with Crippen molar-refractivity contribution in [1.82, 2.24) is 5.32 Å². The second kappa shape index (κ2) is 13.0. The van der Waals surface area contributed by atoms with Crippen LogP contribution in [-0.4, -0.2) is 48.1 Å². The fraction of sp³-hybridized carbons (Fsp3) is 0.450. The molecule has 0 radical (unpaired) electrons. The molecule has 1 rings (SSSR count). The van der Waals surface area contributed by atoms with Gasteiger partial charge in [0.25, 0.3) is 11.8 Å². The van der Waals surface area contributed by atoms with Gasteiger partial charge >= 0.3 is 0 Å². The van der Waals surface area contributed by atoms with Crippen LogP contribution < -0.4 is 28.3 Å². The molecule has 3 amide bonds. The van der Waals surface area contributed by atoms with Crippen LogP contribution in [0.4, 0.5) is 0 Å². The SMILES string of the molecule is CC[C@H](C)[C@H](NC(=O)[C@@H](N)CCON=C(N)N)C(=O)N=C(Cc1ccccc1)C(N)=O. The van der Waals surface area contributed by atoms with E-state index in [1.807, 2.05) is 13.0 Å². The Morgan fingerprint density at radius 1 is 1.13 bits per heavy atom. The van der Waals surface area contributed by atoms with E-state index >= 15 is 0 Å². The molecule has 170 valence electrons. The summed E-state index contributed by atoms with van der Waals surface area (Å²) in [5, 5.41) is 5.95. The summed E-state index contributed by atoms with van der Waals surface area (Å²) in [4.78, 5) is 45.8. The first kappa shape index (κ1) is 25.6. The molecule has 0 aliphatic rings. The van der Waals surface area contributed by atoms with Gasteiger partial charge in [-0.1, -0.05) is 50.6 Å². The minimum absolute atomic E-state index is 0.00941. The molecule has 0 saturated carbocycles. The van der Waals surface area contributed by atoms with Gasteiger partial charge in [0.1, 0.15) is 18.4 Å². The number of amides is 3. The molecular formula is C20H31N7O4. The fourth-order valence-electron chi connectivity index (χ4n) is 2.55. The number of aliphatic imine (C=N–C) groups is 1. The standard InChI is InChI=1S/C20H31N7O4/c1-3-12(2)16(26-18(29)14(21)9-10-31-27-20(23)24)19(30)25-15(17(22)28)11-13-7-5-4-6-8-13/h4-8,12,14,16H,3,9-11,21H2,1-2H3,(H2,22,28)(H,26,29)(H4,23,24,27)/t12-,14-,16-/m0/s1. The lowest BCUT2D eigenvalue weighted by Crippen LogP contribution is -2.51. The van der Waals surface area contributed by atoms with Gasteiger partial charge in [-0.3, -0.25) is 14.4 Å². The number of benzene rings is 1. The monoisotopic (exact) mass is 433 g/mol. The molecule has 0 aromatic heterocycles. The summed E-state index contributed by atoms with van der Waals surface area (Å²) in [6, 6.07) is 7.09. The average molecular weight is 434 g/mol. The second-order valence-corrected chi connectivity index (χ2v) is 7.04. The number of guanidine groups is 1. The van der Waals surface area contributed by atoms with E-state index in [2.05, 4.69) is 15.5 Å². The molecule has 0 aliphatic carbocycles. The normalized spacial score (nSPS) is 14.1. The summed E-state index contributed by atoms with van der Waals surface area (Å²) < 4.78 is 0. The van der Waals surface area contributed by atoms with Gasteiger partial charge in [-0.15, -0.1) is 0 Å². The molecule has 0 spiro atoms. The Balaban J connectivity index is 2.89. The number of nitrogens with two attached hydrogens (primary N) is 4.